The molecular weight excluding hydrogens is 272 g/mol. The molecule has 0 bridgehead atoms. The second-order valence-electron chi connectivity index (χ2n) is 5.28. The Balaban J connectivity index is 3.80. The molecule has 2 atom stereocenters. The summed E-state index contributed by atoms with van der Waals surface area (Å²) in [5.74, 6) is -0.402. The summed E-state index contributed by atoms with van der Waals surface area (Å²) in [6.07, 6.45) is 3.72. The van der Waals surface area contributed by atoms with E-state index in [1.165, 1.54) is 0 Å². The topological polar surface area (TPSA) is 87.7 Å². The molecule has 0 aromatic rings. The average molecular weight is 302 g/mol. The van der Waals surface area contributed by atoms with E-state index in [0.717, 1.165) is 19.3 Å². The summed E-state index contributed by atoms with van der Waals surface area (Å²) in [7, 11) is 0. The Morgan fingerprint density at radius 1 is 1.14 bits per heavy atom. The fraction of sp³-hybridized carbons (Fsp3) is 0.867. The van der Waals surface area contributed by atoms with Gasteiger partial charge in [-0.25, -0.2) is 4.79 Å². The van der Waals surface area contributed by atoms with E-state index in [2.05, 4.69) is 17.6 Å². The summed E-state index contributed by atoms with van der Waals surface area (Å²) in [5.41, 5.74) is 0. The molecule has 0 fully saturated rings. The van der Waals surface area contributed by atoms with Gasteiger partial charge in [0.2, 0.25) is 0 Å². The number of aliphatic carboxylic acids is 1. The van der Waals surface area contributed by atoms with E-state index in [1.807, 2.05) is 13.8 Å². The van der Waals surface area contributed by atoms with Crippen LogP contribution in [0.4, 0.5) is 4.79 Å². The number of rotatable bonds is 12. The van der Waals surface area contributed by atoms with Gasteiger partial charge in [-0.05, 0) is 32.6 Å². The van der Waals surface area contributed by atoms with Crippen molar-refractivity contribution in [2.45, 2.75) is 59.0 Å². The maximum atomic E-state index is 11.6. The minimum Gasteiger partial charge on any atom is -0.481 e. The Morgan fingerprint density at radius 2 is 1.86 bits per heavy atom. The molecule has 6 nitrogen and oxygen atoms in total. The van der Waals surface area contributed by atoms with Crippen molar-refractivity contribution in [2.24, 2.45) is 5.92 Å². The summed E-state index contributed by atoms with van der Waals surface area (Å²) < 4.78 is 5.32. The fourth-order valence-electron chi connectivity index (χ4n) is 2.20. The molecule has 0 radical (unpaired) electrons. The second kappa shape index (κ2) is 12.4. The molecule has 0 saturated heterocycles. The number of carbonyl (C=O) groups is 2. The molecule has 0 aliphatic rings. The van der Waals surface area contributed by atoms with Crippen LogP contribution >= 0.6 is 0 Å². The van der Waals surface area contributed by atoms with Gasteiger partial charge in [0.1, 0.15) is 0 Å². The number of urea groups is 1. The molecular formula is C15H30N2O4. The molecule has 0 saturated carbocycles. The smallest absolute Gasteiger partial charge is 0.314 e. The predicted octanol–water partition coefficient (Wildman–Crippen LogP) is 2.38. The van der Waals surface area contributed by atoms with Gasteiger partial charge in [0, 0.05) is 26.1 Å². The van der Waals surface area contributed by atoms with Crippen LogP contribution in [0.5, 0.6) is 0 Å². The second-order valence-corrected chi connectivity index (χ2v) is 5.28. The van der Waals surface area contributed by atoms with Crippen LogP contribution in [0.1, 0.15) is 52.9 Å². The summed E-state index contributed by atoms with van der Waals surface area (Å²) >= 11 is 0. The predicted molar refractivity (Wildman–Crippen MR) is 82.4 cm³/mol. The quantitative estimate of drug-likeness (QED) is 0.516. The number of hydrogen-bond donors (Lipinski definition) is 3. The molecule has 0 aromatic carbocycles. The van der Waals surface area contributed by atoms with Crippen LogP contribution in [0.15, 0.2) is 0 Å². The first kappa shape index (κ1) is 19.7. The highest BCUT2D eigenvalue weighted by atomic mass is 16.5. The number of nitrogens with one attached hydrogen (secondary N) is 2. The van der Waals surface area contributed by atoms with Crippen molar-refractivity contribution in [2.75, 3.05) is 19.7 Å². The average Bonchev–Trinajstić information content (AvgIpc) is 2.42. The standard InChI is InChI=1S/C15H30N2O4/c1-4-6-13(7-8-14(18)19)9-10-16-15(20)17-11-12(3)21-5-2/h12-13H,4-11H2,1-3H3,(H,18,19)(H2,16,17,20). The Labute approximate surface area is 127 Å². The summed E-state index contributed by atoms with van der Waals surface area (Å²) in [6.45, 7) is 7.60. The van der Waals surface area contributed by atoms with Crippen molar-refractivity contribution in [1.29, 1.82) is 0 Å². The van der Waals surface area contributed by atoms with E-state index in [4.69, 9.17) is 9.84 Å². The van der Waals surface area contributed by atoms with Crippen molar-refractivity contribution in [1.82, 2.24) is 10.6 Å². The summed E-state index contributed by atoms with van der Waals surface area (Å²) in [4.78, 5) is 22.2. The Bertz CT molecular complexity index is 297. The first-order chi connectivity index (χ1) is 9.99. The maximum Gasteiger partial charge on any atom is 0.314 e. The number of carboxylic acid groups (broad SMARTS) is 1. The molecule has 3 N–H and O–H groups in total. The van der Waals surface area contributed by atoms with E-state index < -0.39 is 5.97 Å². The first-order valence-corrected chi connectivity index (χ1v) is 7.84. The molecule has 124 valence electrons. The number of amides is 2. The summed E-state index contributed by atoms with van der Waals surface area (Å²) in [5, 5.41) is 14.3. The zero-order chi connectivity index (χ0) is 16.1. The van der Waals surface area contributed by atoms with Crippen LogP contribution in [0.2, 0.25) is 0 Å². The lowest BCUT2D eigenvalue weighted by molar-refractivity contribution is -0.137. The van der Waals surface area contributed by atoms with Gasteiger partial charge < -0.3 is 20.5 Å². The van der Waals surface area contributed by atoms with Gasteiger partial charge in [0.25, 0.3) is 0 Å². The lowest BCUT2D eigenvalue weighted by Crippen LogP contribution is -2.40. The van der Waals surface area contributed by atoms with E-state index in [9.17, 15) is 9.59 Å². The van der Waals surface area contributed by atoms with Crippen molar-refractivity contribution in [3.63, 3.8) is 0 Å². The van der Waals surface area contributed by atoms with Crippen LogP contribution in [0, 0.1) is 5.92 Å². The zero-order valence-corrected chi connectivity index (χ0v) is 13.5. The molecule has 2 amide bonds. The highest BCUT2D eigenvalue weighted by molar-refractivity contribution is 5.73. The Kier molecular flexibility index (Phi) is 11.7. The van der Waals surface area contributed by atoms with Gasteiger partial charge in [-0.15, -0.1) is 0 Å². The van der Waals surface area contributed by atoms with E-state index in [0.29, 0.717) is 32.0 Å². The van der Waals surface area contributed by atoms with E-state index >= 15 is 0 Å². The molecule has 0 heterocycles. The third kappa shape index (κ3) is 12.2. The first-order valence-electron chi connectivity index (χ1n) is 7.84. The van der Waals surface area contributed by atoms with Gasteiger partial charge in [-0.1, -0.05) is 19.8 Å². The lowest BCUT2D eigenvalue weighted by atomic mass is 9.94. The lowest BCUT2D eigenvalue weighted by Gasteiger charge is -2.16. The SMILES string of the molecule is CCCC(CCNC(=O)NCC(C)OCC)CCC(=O)O. The van der Waals surface area contributed by atoms with Crippen molar-refractivity contribution in [3.05, 3.63) is 0 Å². The van der Waals surface area contributed by atoms with Gasteiger partial charge in [0.05, 0.1) is 6.10 Å². The Morgan fingerprint density at radius 3 is 2.43 bits per heavy atom. The number of carbonyl (C=O) groups excluding carboxylic acids is 1. The van der Waals surface area contributed by atoms with Gasteiger partial charge in [-0.3, -0.25) is 4.79 Å². The van der Waals surface area contributed by atoms with Gasteiger partial charge >= 0.3 is 12.0 Å². The molecule has 21 heavy (non-hydrogen) atoms. The van der Waals surface area contributed by atoms with Crippen LogP contribution in [-0.4, -0.2) is 42.9 Å². The van der Waals surface area contributed by atoms with Crippen LogP contribution in [0.3, 0.4) is 0 Å². The third-order valence-corrected chi connectivity index (χ3v) is 3.30. The minimum atomic E-state index is -0.758. The Hall–Kier alpha value is -1.30. The fourth-order valence-corrected chi connectivity index (χ4v) is 2.20. The molecule has 0 spiro atoms. The van der Waals surface area contributed by atoms with Crippen molar-refractivity contribution < 1.29 is 19.4 Å². The van der Waals surface area contributed by atoms with Gasteiger partial charge in [-0.2, -0.15) is 0 Å². The number of hydrogen-bond acceptors (Lipinski definition) is 3. The van der Waals surface area contributed by atoms with E-state index in [-0.39, 0.29) is 18.6 Å². The highest BCUT2D eigenvalue weighted by Gasteiger charge is 2.11. The molecule has 0 aromatic heterocycles. The molecule has 2 unspecified atom stereocenters. The summed E-state index contributed by atoms with van der Waals surface area (Å²) in [6, 6.07) is -0.199. The normalized spacial score (nSPS) is 13.5. The molecule has 0 aliphatic carbocycles. The van der Waals surface area contributed by atoms with Crippen molar-refractivity contribution in [3.8, 4) is 0 Å². The zero-order valence-electron chi connectivity index (χ0n) is 13.5. The van der Waals surface area contributed by atoms with E-state index in [1.54, 1.807) is 0 Å². The van der Waals surface area contributed by atoms with Crippen LogP contribution < -0.4 is 10.6 Å². The monoisotopic (exact) mass is 302 g/mol. The highest BCUT2D eigenvalue weighted by Crippen LogP contribution is 2.17. The van der Waals surface area contributed by atoms with Crippen LogP contribution in [0.25, 0.3) is 0 Å². The van der Waals surface area contributed by atoms with Crippen molar-refractivity contribution >= 4 is 12.0 Å². The maximum absolute atomic E-state index is 11.6. The largest absolute Gasteiger partial charge is 0.481 e. The van der Waals surface area contributed by atoms with Crippen LogP contribution in [-0.2, 0) is 9.53 Å². The number of carboxylic acids is 1. The number of ether oxygens (including phenoxy) is 1. The third-order valence-electron chi connectivity index (χ3n) is 3.30. The minimum absolute atomic E-state index is 0.00385. The molecule has 0 rings (SSSR count). The molecule has 0 aliphatic heterocycles. The molecule has 6 heteroatoms. The van der Waals surface area contributed by atoms with Gasteiger partial charge in [0.15, 0.2) is 0 Å².